The van der Waals surface area contributed by atoms with Gasteiger partial charge in [-0.15, -0.1) is 0 Å². The van der Waals surface area contributed by atoms with Gasteiger partial charge in [0.25, 0.3) is 5.91 Å². The third-order valence-corrected chi connectivity index (χ3v) is 3.98. The molecule has 1 atom stereocenters. The highest BCUT2D eigenvalue weighted by molar-refractivity contribution is 9.10. The molecule has 0 spiro atoms. The maximum atomic E-state index is 11.9. The Kier molecular flexibility index (Phi) is 5.55. The molecule has 7 heteroatoms. The van der Waals surface area contributed by atoms with Crippen LogP contribution in [0.25, 0.3) is 0 Å². The van der Waals surface area contributed by atoms with Gasteiger partial charge in [-0.2, -0.15) is 0 Å². The van der Waals surface area contributed by atoms with Crippen molar-refractivity contribution in [2.24, 2.45) is 0 Å². The molecule has 25 heavy (non-hydrogen) atoms. The highest BCUT2D eigenvalue weighted by atomic mass is 79.9. The quantitative estimate of drug-likeness (QED) is 0.773. The molecule has 1 N–H and O–H groups in total. The molecule has 2 aromatic rings. The Morgan fingerprint density at radius 1 is 1.16 bits per heavy atom. The predicted molar refractivity (Wildman–Crippen MR) is 93.8 cm³/mol. The van der Waals surface area contributed by atoms with Crippen LogP contribution in [-0.4, -0.2) is 37.7 Å². The topological polar surface area (TPSA) is 73.9 Å². The van der Waals surface area contributed by atoms with Crippen molar-refractivity contribution in [1.29, 1.82) is 0 Å². The third kappa shape index (κ3) is 4.73. The van der Waals surface area contributed by atoms with E-state index in [1.807, 2.05) is 24.3 Å². The minimum absolute atomic E-state index is 0.265. The number of hydrogen-bond donors (Lipinski definition) is 1. The van der Waals surface area contributed by atoms with Crippen LogP contribution in [0.4, 0.5) is 0 Å². The van der Waals surface area contributed by atoms with Crippen molar-refractivity contribution < 1.29 is 23.8 Å². The highest BCUT2D eigenvalue weighted by Crippen LogP contribution is 2.30. The molecule has 1 aliphatic heterocycles. The Morgan fingerprint density at radius 3 is 2.76 bits per heavy atom. The number of rotatable bonds is 5. The van der Waals surface area contributed by atoms with E-state index in [2.05, 4.69) is 21.2 Å². The molecule has 6 nitrogen and oxygen atoms in total. The van der Waals surface area contributed by atoms with E-state index in [9.17, 15) is 9.59 Å². The Bertz CT molecular complexity index is 780. The zero-order valence-electron chi connectivity index (χ0n) is 13.2. The smallest absolute Gasteiger partial charge is 0.338 e. The minimum atomic E-state index is -0.553. The van der Waals surface area contributed by atoms with Gasteiger partial charge in [0.15, 0.2) is 18.1 Å². The van der Waals surface area contributed by atoms with Gasteiger partial charge < -0.3 is 19.5 Å². The van der Waals surface area contributed by atoms with Crippen molar-refractivity contribution in [3.05, 3.63) is 58.6 Å². The van der Waals surface area contributed by atoms with E-state index in [-0.39, 0.29) is 19.3 Å². The zero-order chi connectivity index (χ0) is 17.6. The van der Waals surface area contributed by atoms with Crippen molar-refractivity contribution in [2.75, 3.05) is 19.8 Å². The van der Waals surface area contributed by atoms with E-state index >= 15 is 0 Å². The first kappa shape index (κ1) is 17.3. The van der Waals surface area contributed by atoms with Gasteiger partial charge >= 0.3 is 5.97 Å². The molecular formula is C18H16BrNO5. The van der Waals surface area contributed by atoms with Crippen molar-refractivity contribution >= 4 is 27.8 Å². The molecule has 0 fully saturated rings. The summed E-state index contributed by atoms with van der Waals surface area (Å²) in [5.41, 5.74) is 0.378. The van der Waals surface area contributed by atoms with Crippen LogP contribution in [0.15, 0.2) is 53.0 Å². The summed E-state index contributed by atoms with van der Waals surface area (Å²) in [7, 11) is 0. The lowest BCUT2D eigenvalue weighted by atomic mass is 10.2. The van der Waals surface area contributed by atoms with Gasteiger partial charge in [0.05, 0.1) is 12.1 Å². The lowest BCUT2D eigenvalue weighted by Crippen LogP contribution is -2.42. The Morgan fingerprint density at radius 2 is 1.96 bits per heavy atom. The SMILES string of the molecule is O=C(COC(=O)c1cccc(Br)c1)NC[C@H]1COc2ccccc2O1. The summed E-state index contributed by atoms with van der Waals surface area (Å²) in [5.74, 6) is 0.385. The molecule has 1 aliphatic rings. The summed E-state index contributed by atoms with van der Waals surface area (Å²) >= 11 is 3.28. The number of hydrogen-bond acceptors (Lipinski definition) is 5. The van der Waals surface area contributed by atoms with Crippen LogP contribution < -0.4 is 14.8 Å². The van der Waals surface area contributed by atoms with Gasteiger partial charge in [-0.05, 0) is 30.3 Å². The summed E-state index contributed by atoms with van der Waals surface area (Å²) in [6.45, 7) is 0.256. The molecule has 0 radical (unpaired) electrons. The normalized spacial score (nSPS) is 15.3. The van der Waals surface area contributed by atoms with Crippen molar-refractivity contribution in [3.8, 4) is 11.5 Å². The van der Waals surface area contributed by atoms with Crippen LogP contribution in [-0.2, 0) is 9.53 Å². The standard InChI is InChI=1S/C18H16BrNO5/c19-13-5-3-4-12(8-13)18(22)24-11-17(21)20-9-14-10-23-15-6-1-2-7-16(15)25-14/h1-8,14H,9-11H2,(H,20,21)/t14-/m0/s1. The van der Waals surface area contributed by atoms with Crippen LogP contribution in [0, 0.1) is 0 Å². The molecule has 0 unspecified atom stereocenters. The molecule has 0 aliphatic carbocycles. The Hall–Kier alpha value is -2.54. The fraction of sp³-hybridized carbons (Fsp3) is 0.222. The van der Waals surface area contributed by atoms with Crippen molar-refractivity contribution in [3.63, 3.8) is 0 Å². The molecule has 1 heterocycles. The number of amides is 1. The number of carbonyl (C=O) groups is 2. The number of para-hydroxylation sites is 2. The van der Waals surface area contributed by atoms with Crippen LogP contribution in [0.1, 0.15) is 10.4 Å². The largest absolute Gasteiger partial charge is 0.486 e. The second kappa shape index (κ2) is 8.02. The minimum Gasteiger partial charge on any atom is -0.486 e. The molecule has 2 aromatic carbocycles. The monoisotopic (exact) mass is 405 g/mol. The summed E-state index contributed by atoms with van der Waals surface area (Å²) in [5, 5.41) is 2.67. The van der Waals surface area contributed by atoms with E-state index in [4.69, 9.17) is 14.2 Å². The maximum Gasteiger partial charge on any atom is 0.338 e. The van der Waals surface area contributed by atoms with Gasteiger partial charge in [-0.25, -0.2) is 4.79 Å². The van der Waals surface area contributed by atoms with Crippen LogP contribution in [0.2, 0.25) is 0 Å². The van der Waals surface area contributed by atoms with Gasteiger partial charge in [0, 0.05) is 4.47 Å². The number of nitrogens with one attached hydrogen (secondary N) is 1. The lowest BCUT2D eigenvalue weighted by Gasteiger charge is -2.26. The number of fused-ring (bicyclic) bond motifs is 1. The molecule has 1 amide bonds. The number of carbonyl (C=O) groups excluding carboxylic acids is 2. The molecule has 3 rings (SSSR count). The summed E-state index contributed by atoms with van der Waals surface area (Å²) in [6.07, 6.45) is -0.292. The van der Waals surface area contributed by atoms with E-state index in [1.165, 1.54) is 0 Å². The van der Waals surface area contributed by atoms with Crippen LogP contribution in [0.5, 0.6) is 11.5 Å². The summed E-state index contributed by atoms with van der Waals surface area (Å²) in [6, 6.07) is 14.1. The van der Waals surface area contributed by atoms with Crippen LogP contribution >= 0.6 is 15.9 Å². The Labute approximate surface area is 153 Å². The van der Waals surface area contributed by atoms with Gasteiger partial charge in [0.1, 0.15) is 12.7 Å². The van der Waals surface area contributed by atoms with E-state index < -0.39 is 11.9 Å². The van der Waals surface area contributed by atoms with Crippen molar-refractivity contribution in [2.45, 2.75) is 6.10 Å². The first-order valence-electron chi connectivity index (χ1n) is 7.69. The Balaban J connectivity index is 1.42. The molecule has 0 aromatic heterocycles. The fourth-order valence-electron chi connectivity index (χ4n) is 2.27. The van der Waals surface area contributed by atoms with Gasteiger partial charge in [-0.1, -0.05) is 34.1 Å². The van der Waals surface area contributed by atoms with Crippen LogP contribution in [0.3, 0.4) is 0 Å². The number of halogens is 1. The maximum absolute atomic E-state index is 11.9. The molecule has 0 saturated carbocycles. The first-order valence-corrected chi connectivity index (χ1v) is 8.49. The first-order chi connectivity index (χ1) is 12.1. The highest BCUT2D eigenvalue weighted by Gasteiger charge is 2.21. The average Bonchev–Trinajstić information content (AvgIpc) is 2.64. The molecule has 0 bridgehead atoms. The average molecular weight is 406 g/mol. The molecule has 0 saturated heterocycles. The van der Waals surface area contributed by atoms with E-state index in [1.54, 1.807) is 24.3 Å². The number of esters is 1. The van der Waals surface area contributed by atoms with Gasteiger partial charge in [-0.3, -0.25) is 4.79 Å². The van der Waals surface area contributed by atoms with E-state index in [0.29, 0.717) is 23.7 Å². The molecular weight excluding hydrogens is 390 g/mol. The zero-order valence-corrected chi connectivity index (χ0v) is 14.8. The lowest BCUT2D eigenvalue weighted by molar-refractivity contribution is -0.124. The van der Waals surface area contributed by atoms with Gasteiger partial charge in [0.2, 0.25) is 0 Å². The molecule has 130 valence electrons. The van der Waals surface area contributed by atoms with Crippen molar-refractivity contribution in [1.82, 2.24) is 5.32 Å². The predicted octanol–water partition coefficient (Wildman–Crippen LogP) is 2.56. The third-order valence-electron chi connectivity index (χ3n) is 3.49. The van der Waals surface area contributed by atoms with E-state index in [0.717, 1.165) is 4.47 Å². The summed E-state index contributed by atoms with van der Waals surface area (Å²) in [4.78, 5) is 23.7. The second-order valence-electron chi connectivity index (χ2n) is 5.39. The summed E-state index contributed by atoms with van der Waals surface area (Å²) < 4.78 is 17.1. The number of ether oxygens (including phenoxy) is 3. The number of benzene rings is 2. The fourth-order valence-corrected chi connectivity index (χ4v) is 2.67. The second-order valence-corrected chi connectivity index (χ2v) is 6.30.